The minimum atomic E-state index is -0.0323. The standard InChI is InChI=1S/C17H29NO3/c1-13-8-14(2)17(15(3)9-13)11-20-16(21-12-17)10-18-4-6-19-7-5-18/h8,14-16H,4-7,9-12H2,1-3H3/p+1. The molecule has 1 aliphatic carbocycles. The van der Waals surface area contributed by atoms with Crippen molar-refractivity contribution in [1.82, 2.24) is 0 Å². The monoisotopic (exact) mass is 296 g/mol. The average molecular weight is 296 g/mol. The minimum Gasteiger partial charge on any atom is -0.370 e. The van der Waals surface area contributed by atoms with Gasteiger partial charge >= 0.3 is 0 Å². The zero-order chi connectivity index (χ0) is 14.9. The lowest BCUT2D eigenvalue weighted by atomic mass is 9.63. The minimum absolute atomic E-state index is 0.0323. The summed E-state index contributed by atoms with van der Waals surface area (Å²) >= 11 is 0. The predicted molar refractivity (Wildman–Crippen MR) is 81.2 cm³/mol. The summed E-state index contributed by atoms with van der Waals surface area (Å²) in [6.07, 6.45) is 3.56. The van der Waals surface area contributed by atoms with Crippen LogP contribution in [-0.4, -0.2) is 52.4 Å². The molecule has 120 valence electrons. The van der Waals surface area contributed by atoms with Gasteiger partial charge in [-0.15, -0.1) is 0 Å². The van der Waals surface area contributed by atoms with Crippen molar-refractivity contribution in [2.24, 2.45) is 17.3 Å². The van der Waals surface area contributed by atoms with E-state index in [0.717, 1.165) is 46.1 Å². The Morgan fingerprint density at radius 3 is 2.48 bits per heavy atom. The molecule has 0 amide bonds. The van der Waals surface area contributed by atoms with E-state index in [1.54, 1.807) is 4.90 Å². The number of nitrogens with one attached hydrogen (secondary N) is 1. The summed E-state index contributed by atoms with van der Waals surface area (Å²) in [7, 11) is 0. The van der Waals surface area contributed by atoms with Gasteiger partial charge in [-0.3, -0.25) is 0 Å². The van der Waals surface area contributed by atoms with Gasteiger partial charge in [-0.2, -0.15) is 0 Å². The third kappa shape index (κ3) is 3.19. The molecule has 3 aliphatic rings. The molecule has 4 nitrogen and oxygen atoms in total. The molecule has 2 unspecified atom stereocenters. The maximum Gasteiger partial charge on any atom is 0.207 e. The second-order valence-corrected chi connectivity index (χ2v) is 7.26. The molecule has 2 saturated heterocycles. The molecule has 2 fully saturated rings. The van der Waals surface area contributed by atoms with Crippen LogP contribution < -0.4 is 4.90 Å². The van der Waals surface area contributed by atoms with Crippen molar-refractivity contribution in [3.63, 3.8) is 0 Å². The number of allylic oxidation sites excluding steroid dienone is 2. The Morgan fingerprint density at radius 2 is 1.86 bits per heavy atom. The molecule has 0 saturated carbocycles. The van der Waals surface area contributed by atoms with E-state index >= 15 is 0 Å². The highest BCUT2D eigenvalue weighted by Crippen LogP contribution is 2.46. The first-order valence-electron chi connectivity index (χ1n) is 8.42. The van der Waals surface area contributed by atoms with Gasteiger partial charge in [0, 0.05) is 5.41 Å². The Labute approximate surface area is 128 Å². The fourth-order valence-corrected chi connectivity index (χ4v) is 4.15. The summed E-state index contributed by atoms with van der Waals surface area (Å²) in [5, 5.41) is 0. The van der Waals surface area contributed by atoms with Crippen LogP contribution in [0.3, 0.4) is 0 Å². The summed E-state index contributed by atoms with van der Waals surface area (Å²) in [6.45, 7) is 13.4. The maximum absolute atomic E-state index is 6.14. The van der Waals surface area contributed by atoms with Crippen molar-refractivity contribution in [2.45, 2.75) is 33.5 Å². The topological polar surface area (TPSA) is 32.1 Å². The number of hydrogen-bond donors (Lipinski definition) is 1. The van der Waals surface area contributed by atoms with Gasteiger partial charge in [0.05, 0.1) is 26.4 Å². The number of quaternary nitrogens is 1. The summed E-state index contributed by atoms with van der Waals surface area (Å²) in [4.78, 5) is 1.54. The van der Waals surface area contributed by atoms with Crippen molar-refractivity contribution in [3.8, 4) is 0 Å². The first-order valence-corrected chi connectivity index (χ1v) is 8.42. The van der Waals surface area contributed by atoms with E-state index in [4.69, 9.17) is 14.2 Å². The highest BCUT2D eigenvalue weighted by atomic mass is 16.7. The SMILES string of the molecule is CC1=CC(C)C2(COC(C[NH+]3CCOCC3)OC2)C(C)C1. The molecule has 21 heavy (non-hydrogen) atoms. The van der Waals surface area contributed by atoms with Gasteiger partial charge in [0.2, 0.25) is 6.29 Å². The fourth-order valence-electron chi connectivity index (χ4n) is 4.15. The van der Waals surface area contributed by atoms with Crippen LogP contribution in [0.2, 0.25) is 0 Å². The highest BCUT2D eigenvalue weighted by molar-refractivity contribution is 5.13. The van der Waals surface area contributed by atoms with Gasteiger partial charge in [0.25, 0.3) is 0 Å². The number of rotatable bonds is 2. The highest BCUT2D eigenvalue weighted by Gasteiger charge is 2.47. The Kier molecular flexibility index (Phi) is 4.69. The zero-order valence-electron chi connectivity index (χ0n) is 13.7. The van der Waals surface area contributed by atoms with Gasteiger partial charge in [0.1, 0.15) is 19.6 Å². The molecule has 0 aromatic heterocycles. The summed E-state index contributed by atoms with van der Waals surface area (Å²) in [5.74, 6) is 1.17. The van der Waals surface area contributed by atoms with Crippen molar-refractivity contribution in [1.29, 1.82) is 0 Å². The molecular formula is C17H30NO3+. The van der Waals surface area contributed by atoms with Crippen molar-refractivity contribution >= 4 is 0 Å². The predicted octanol–water partition coefficient (Wildman–Crippen LogP) is 0.883. The molecule has 0 bridgehead atoms. The molecule has 1 spiro atoms. The Balaban J connectivity index is 1.56. The molecule has 2 atom stereocenters. The molecule has 2 heterocycles. The van der Waals surface area contributed by atoms with E-state index in [1.165, 1.54) is 12.0 Å². The third-order valence-electron chi connectivity index (χ3n) is 5.78. The van der Waals surface area contributed by atoms with E-state index in [9.17, 15) is 0 Å². The van der Waals surface area contributed by atoms with Crippen LogP contribution in [0.1, 0.15) is 27.2 Å². The van der Waals surface area contributed by atoms with Gasteiger partial charge in [-0.1, -0.05) is 25.5 Å². The second kappa shape index (κ2) is 6.37. The molecule has 2 aliphatic heterocycles. The van der Waals surface area contributed by atoms with Crippen LogP contribution in [0.4, 0.5) is 0 Å². The normalized spacial score (nSPS) is 42.0. The Morgan fingerprint density at radius 1 is 1.19 bits per heavy atom. The van der Waals surface area contributed by atoms with Crippen LogP contribution in [0, 0.1) is 17.3 Å². The maximum atomic E-state index is 6.14. The summed E-state index contributed by atoms with van der Waals surface area (Å²) in [6, 6.07) is 0. The number of ether oxygens (including phenoxy) is 3. The lowest BCUT2D eigenvalue weighted by Crippen LogP contribution is -3.15. The summed E-state index contributed by atoms with van der Waals surface area (Å²) < 4.78 is 17.7. The molecule has 4 heteroatoms. The van der Waals surface area contributed by atoms with Crippen LogP contribution in [-0.2, 0) is 14.2 Å². The average Bonchev–Trinajstić information content (AvgIpc) is 2.47. The van der Waals surface area contributed by atoms with E-state index in [0.29, 0.717) is 11.8 Å². The Hall–Kier alpha value is -0.420. The van der Waals surface area contributed by atoms with Crippen LogP contribution >= 0.6 is 0 Å². The number of hydrogen-bond acceptors (Lipinski definition) is 3. The largest absolute Gasteiger partial charge is 0.370 e. The first kappa shape index (κ1) is 15.5. The van der Waals surface area contributed by atoms with E-state index in [-0.39, 0.29) is 11.7 Å². The van der Waals surface area contributed by atoms with E-state index in [1.807, 2.05) is 0 Å². The summed E-state index contributed by atoms with van der Waals surface area (Å²) in [5.41, 5.74) is 1.69. The lowest BCUT2D eigenvalue weighted by molar-refractivity contribution is -0.914. The molecule has 1 N–H and O–H groups in total. The van der Waals surface area contributed by atoms with Crippen molar-refractivity contribution in [2.75, 3.05) is 46.1 Å². The van der Waals surface area contributed by atoms with Gasteiger partial charge < -0.3 is 19.1 Å². The molecular weight excluding hydrogens is 266 g/mol. The molecule has 3 rings (SSSR count). The molecule has 0 radical (unpaired) electrons. The van der Waals surface area contributed by atoms with Crippen molar-refractivity contribution < 1.29 is 19.1 Å². The van der Waals surface area contributed by atoms with Gasteiger partial charge in [-0.25, -0.2) is 0 Å². The van der Waals surface area contributed by atoms with E-state index < -0.39 is 0 Å². The molecule has 0 aromatic rings. The van der Waals surface area contributed by atoms with Crippen LogP contribution in [0.15, 0.2) is 11.6 Å². The fraction of sp³-hybridized carbons (Fsp3) is 0.882. The first-order chi connectivity index (χ1) is 10.1. The second-order valence-electron chi connectivity index (χ2n) is 7.26. The quantitative estimate of drug-likeness (QED) is 0.768. The molecule has 0 aromatic carbocycles. The van der Waals surface area contributed by atoms with Crippen molar-refractivity contribution in [3.05, 3.63) is 11.6 Å². The zero-order valence-corrected chi connectivity index (χ0v) is 13.7. The smallest absolute Gasteiger partial charge is 0.207 e. The van der Waals surface area contributed by atoms with E-state index in [2.05, 4.69) is 26.8 Å². The van der Waals surface area contributed by atoms with Gasteiger partial charge in [0.15, 0.2) is 0 Å². The Bertz CT molecular complexity index is 381. The third-order valence-corrected chi connectivity index (χ3v) is 5.78. The number of morpholine rings is 1. The van der Waals surface area contributed by atoms with Crippen LogP contribution in [0.5, 0.6) is 0 Å². The van der Waals surface area contributed by atoms with Gasteiger partial charge in [-0.05, 0) is 25.2 Å². The van der Waals surface area contributed by atoms with Crippen LogP contribution in [0.25, 0.3) is 0 Å². The lowest BCUT2D eigenvalue weighted by Gasteiger charge is -2.49.